The molecule has 2 aromatic heterocycles. The van der Waals surface area contributed by atoms with E-state index in [1.807, 2.05) is 17.5 Å². The summed E-state index contributed by atoms with van der Waals surface area (Å²) < 4.78 is 5.10. The molecule has 2 N–H and O–H groups in total. The monoisotopic (exact) mass is 394 g/mol. The fourth-order valence-corrected chi connectivity index (χ4v) is 3.67. The molecule has 0 fully saturated rings. The number of ether oxygens (including phenoxy) is 1. The molecule has 25 heavy (non-hydrogen) atoms. The third-order valence-corrected chi connectivity index (χ3v) is 5.42. The molecule has 0 unspecified atom stereocenters. The molecule has 0 aliphatic carbocycles. The fraction of sp³-hybridized carbons (Fsp3) is 0.188. The number of nitrogens with zero attached hydrogens (tertiary/aromatic N) is 2. The number of aromatic nitrogens is 3. The maximum absolute atomic E-state index is 12.3. The standard InChI is InChI=1S/C16H15ClN4O2S2/c1-9(15(22)18-10-5-6-12(23-2)11(17)8-10)25-16-19-14(20-21-16)13-4-3-7-24-13/h3-9H,1-2H3,(H,18,22)(H,19,20,21)/t9-/m1/s1. The zero-order valence-corrected chi connectivity index (χ0v) is 15.8. The van der Waals surface area contributed by atoms with Crippen LogP contribution in [0.3, 0.4) is 0 Å². The Morgan fingerprint density at radius 1 is 1.44 bits per heavy atom. The third-order valence-electron chi connectivity index (χ3n) is 3.29. The van der Waals surface area contributed by atoms with Crippen molar-refractivity contribution in [2.45, 2.75) is 17.3 Å². The summed E-state index contributed by atoms with van der Waals surface area (Å²) in [6, 6.07) is 9.01. The molecular formula is C16H15ClN4O2S2. The lowest BCUT2D eigenvalue weighted by Crippen LogP contribution is -2.22. The van der Waals surface area contributed by atoms with E-state index >= 15 is 0 Å². The van der Waals surface area contributed by atoms with Crippen molar-refractivity contribution in [3.8, 4) is 16.5 Å². The maximum atomic E-state index is 12.3. The zero-order valence-electron chi connectivity index (χ0n) is 13.4. The van der Waals surface area contributed by atoms with Crippen LogP contribution in [0.2, 0.25) is 5.02 Å². The summed E-state index contributed by atoms with van der Waals surface area (Å²) in [6.45, 7) is 1.80. The molecule has 1 atom stereocenters. The maximum Gasteiger partial charge on any atom is 0.237 e. The molecule has 0 aliphatic heterocycles. The average Bonchev–Trinajstić information content (AvgIpc) is 3.26. The van der Waals surface area contributed by atoms with Crippen molar-refractivity contribution in [3.63, 3.8) is 0 Å². The van der Waals surface area contributed by atoms with E-state index in [4.69, 9.17) is 16.3 Å². The molecule has 0 radical (unpaired) electrons. The van der Waals surface area contributed by atoms with Gasteiger partial charge in [0, 0.05) is 5.69 Å². The number of nitrogens with one attached hydrogen (secondary N) is 2. The number of carbonyl (C=O) groups is 1. The second-order valence-electron chi connectivity index (χ2n) is 5.04. The molecule has 0 saturated carbocycles. The molecule has 0 spiro atoms. The van der Waals surface area contributed by atoms with Crippen LogP contribution in [0.15, 0.2) is 40.9 Å². The van der Waals surface area contributed by atoms with Gasteiger partial charge >= 0.3 is 0 Å². The van der Waals surface area contributed by atoms with Crippen molar-refractivity contribution < 1.29 is 9.53 Å². The van der Waals surface area contributed by atoms with Crippen LogP contribution >= 0.6 is 34.7 Å². The lowest BCUT2D eigenvalue weighted by Gasteiger charge is -2.11. The van der Waals surface area contributed by atoms with Crippen molar-refractivity contribution in [3.05, 3.63) is 40.7 Å². The Morgan fingerprint density at radius 3 is 2.96 bits per heavy atom. The number of amides is 1. The molecule has 6 nitrogen and oxygen atoms in total. The molecule has 130 valence electrons. The molecule has 0 aliphatic rings. The van der Waals surface area contributed by atoms with Gasteiger partial charge in [-0.3, -0.25) is 9.89 Å². The van der Waals surface area contributed by atoms with Crippen LogP contribution < -0.4 is 10.1 Å². The van der Waals surface area contributed by atoms with Gasteiger partial charge in [-0.15, -0.1) is 16.4 Å². The van der Waals surface area contributed by atoms with Gasteiger partial charge in [-0.2, -0.15) is 0 Å². The number of thiophene rings is 1. The van der Waals surface area contributed by atoms with Gasteiger partial charge < -0.3 is 10.1 Å². The zero-order chi connectivity index (χ0) is 17.8. The fourth-order valence-electron chi connectivity index (χ4n) is 2.02. The molecule has 0 bridgehead atoms. The van der Waals surface area contributed by atoms with E-state index in [9.17, 15) is 4.79 Å². The first-order chi connectivity index (χ1) is 12.1. The predicted octanol–water partition coefficient (Wildman–Crippen LogP) is 4.31. The summed E-state index contributed by atoms with van der Waals surface area (Å²) in [6.07, 6.45) is 0. The quantitative estimate of drug-likeness (QED) is 0.609. The Morgan fingerprint density at radius 2 is 2.28 bits per heavy atom. The number of anilines is 1. The Balaban J connectivity index is 1.62. The van der Waals surface area contributed by atoms with Crippen molar-refractivity contribution in [1.82, 2.24) is 15.2 Å². The number of halogens is 1. The molecule has 3 rings (SSSR count). The number of methoxy groups -OCH3 is 1. The van der Waals surface area contributed by atoms with Gasteiger partial charge in [-0.25, -0.2) is 4.98 Å². The number of thioether (sulfide) groups is 1. The molecular weight excluding hydrogens is 380 g/mol. The Bertz CT molecular complexity index is 867. The number of hydrogen-bond donors (Lipinski definition) is 2. The number of hydrogen-bond acceptors (Lipinski definition) is 6. The van der Waals surface area contributed by atoms with E-state index in [0.29, 0.717) is 27.4 Å². The van der Waals surface area contributed by atoms with Crippen molar-refractivity contribution in [2.24, 2.45) is 0 Å². The number of carbonyl (C=O) groups excluding carboxylic acids is 1. The van der Waals surface area contributed by atoms with Crippen LogP contribution in [0, 0.1) is 0 Å². The SMILES string of the molecule is COc1ccc(NC(=O)[C@@H](C)Sc2n[nH]c(-c3cccs3)n2)cc1Cl. The van der Waals surface area contributed by atoms with E-state index in [-0.39, 0.29) is 11.2 Å². The summed E-state index contributed by atoms with van der Waals surface area (Å²) >= 11 is 8.93. The molecule has 2 heterocycles. The van der Waals surface area contributed by atoms with Gasteiger partial charge in [0.15, 0.2) is 5.82 Å². The van der Waals surface area contributed by atoms with Crippen LogP contribution in [0.1, 0.15) is 6.92 Å². The molecule has 9 heteroatoms. The predicted molar refractivity (Wildman–Crippen MR) is 102 cm³/mol. The molecule has 0 saturated heterocycles. The van der Waals surface area contributed by atoms with Crippen molar-refractivity contribution in [1.29, 1.82) is 0 Å². The largest absolute Gasteiger partial charge is 0.495 e. The summed E-state index contributed by atoms with van der Waals surface area (Å²) in [5.74, 6) is 1.10. The van der Waals surface area contributed by atoms with Crippen LogP contribution in [-0.4, -0.2) is 33.4 Å². The second-order valence-corrected chi connectivity index (χ2v) is 7.71. The van der Waals surface area contributed by atoms with Gasteiger partial charge in [0.2, 0.25) is 11.1 Å². The highest BCUT2D eigenvalue weighted by molar-refractivity contribution is 8.00. The van der Waals surface area contributed by atoms with Crippen LogP contribution in [0.4, 0.5) is 5.69 Å². The first-order valence-electron chi connectivity index (χ1n) is 7.34. The summed E-state index contributed by atoms with van der Waals surface area (Å²) in [7, 11) is 1.54. The Kier molecular flexibility index (Phi) is 5.62. The van der Waals surface area contributed by atoms with Crippen LogP contribution in [-0.2, 0) is 4.79 Å². The minimum atomic E-state index is -0.368. The lowest BCUT2D eigenvalue weighted by molar-refractivity contribution is -0.115. The highest BCUT2D eigenvalue weighted by Gasteiger charge is 2.18. The van der Waals surface area contributed by atoms with E-state index < -0.39 is 0 Å². The summed E-state index contributed by atoms with van der Waals surface area (Å²) in [5.41, 5.74) is 0.609. The van der Waals surface area contributed by atoms with E-state index in [1.165, 1.54) is 11.8 Å². The number of benzene rings is 1. The van der Waals surface area contributed by atoms with E-state index in [0.717, 1.165) is 4.88 Å². The third kappa shape index (κ3) is 4.33. The normalized spacial score (nSPS) is 12.0. The topological polar surface area (TPSA) is 79.9 Å². The van der Waals surface area contributed by atoms with Crippen molar-refractivity contribution >= 4 is 46.3 Å². The highest BCUT2D eigenvalue weighted by atomic mass is 35.5. The molecule has 1 amide bonds. The van der Waals surface area contributed by atoms with Gasteiger partial charge in [-0.1, -0.05) is 29.4 Å². The van der Waals surface area contributed by atoms with Gasteiger partial charge in [0.25, 0.3) is 0 Å². The Hall–Kier alpha value is -2.03. The molecule has 3 aromatic rings. The first-order valence-corrected chi connectivity index (χ1v) is 9.48. The first kappa shape index (κ1) is 17.8. The van der Waals surface area contributed by atoms with Crippen LogP contribution in [0.5, 0.6) is 5.75 Å². The van der Waals surface area contributed by atoms with Crippen LogP contribution in [0.25, 0.3) is 10.7 Å². The minimum absolute atomic E-state index is 0.159. The smallest absolute Gasteiger partial charge is 0.237 e. The van der Waals surface area contributed by atoms with Gasteiger partial charge in [0.1, 0.15) is 5.75 Å². The average molecular weight is 395 g/mol. The van der Waals surface area contributed by atoms with E-state index in [2.05, 4.69) is 20.5 Å². The Labute approximate surface area is 158 Å². The summed E-state index contributed by atoms with van der Waals surface area (Å²) in [5, 5.41) is 12.4. The van der Waals surface area contributed by atoms with Gasteiger partial charge in [0.05, 0.1) is 22.3 Å². The lowest BCUT2D eigenvalue weighted by atomic mass is 10.3. The second kappa shape index (κ2) is 7.90. The van der Waals surface area contributed by atoms with Gasteiger partial charge in [-0.05, 0) is 36.6 Å². The number of rotatable bonds is 6. The highest BCUT2D eigenvalue weighted by Crippen LogP contribution is 2.29. The molecule has 1 aromatic carbocycles. The minimum Gasteiger partial charge on any atom is -0.495 e. The number of aromatic amines is 1. The van der Waals surface area contributed by atoms with Crippen molar-refractivity contribution in [2.75, 3.05) is 12.4 Å². The number of H-pyrrole nitrogens is 1. The van der Waals surface area contributed by atoms with E-state index in [1.54, 1.807) is 43.6 Å². The summed E-state index contributed by atoms with van der Waals surface area (Å²) in [4.78, 5) is 17.8.